The summed E-state index contributed by atoms with van der Waals surface area (Å²) in [4.78, 5) is 2.35. The highest BCUT2D eigenvalue weighted by Crippen LogP contribution is 2.63. The van der Waals surface area contributed by atoms with E-state index in [0.717, 1.165) is 16.0 Å². The van der Waals surface area contributed by atoms with Gasteiger partial charge >= 0.3 is 24.7 Å². The normalized spacial score (nSPS) is 13.4. The molecule has 0 unspecified atom stereocenters. The number of alkyl halides is 12. The number of fused-ring (bicyclic) bond motifs is 9. The Balaban J connectivity index is 1.26. The van der Waals surface area contributed by atoms with Crippen LogP contribution in [0.5, 0.6) is 0 Å². The zero-order valence-electron chi connectivity index (χ0n) is 38.1. The minimum atomic E-state index is -5.23. The molecule has 11 rings (SSSR count). The number of hydrogen-bond acceptors (Lipinski definition) is 4. The predicted molar refractivity (Wildman–Crippen MR) is 259 cm³/mol. The quantitative estimate of drug-likeness (QED) is 0.156. The van der Waals surface area contributed by atoms with Crippen molar-refractivity contribution in [1.29, 1.82) is 10.5 Å². The van der Waals surface area contributed by atoms with E-state index in [1.807, 2.05) is 54.6 Å². The third-order valence-corrected chi connectivity index (χ3v) is 13.8. The zero-order chi connectivity index (χ0) is 53.0. The number of rotatable bonds is 6. The van der Waals surface area contributed by atoms with Crippen molar-refractivity contribution in [3.63, 3.8) is 0 Å². The number of hydrogen-bond donors (Lipinski definition) is 0. The summed E-state index contributed by atoms with van der Waals surface area (Å²) in [5, 5.41) is 21.6. The van der Waals surface area contributed by atoms with Crippen LogP contribution >= 0.6 is 0 Å². The molecule has 1 spiro atoms. The van der Waals surface area contributed by atoms with Gasteiger partial charge in [-0.1, -0.05) is 103 Å². The number of halogens is 12. The molecular formula is C59H30F12N4. The first-order valence-electron chi connectivity index (χ1n) is 22.7. The molecule has 0 atom stereocenters. The fourth-order valence-corrected chi connectivity index (χ4v) is 10.8. The van der Waals surface area contributed by atoms with Gasteiger partial charge in [0.05, 0.1) is 55.9 Å². The fraction of sp³-hybridized carbons (Fsp3) is 0.0847. The maximum atomic E-state index is 14.6. The Labute approximate surface area is 418 Å². The van der Waals surface area contributed by atoms with Gasteiger partial charge in [-0.2, -0.15) is 63.2 Å². The van der Waals surface area contributed by atoms with Crippen molar-refractivity contribution >= 4 is 44.9 Å². The van der Waals surface area contributed by atoms with Gasteiger partial charge in [-0.05, 0) is 129 Å². The summed E-state index contributed by atoms with van der Waals surface area (Å²) >= 11 is 0. The first-order chi connectivity index (χ1) is 35.6. The maximum Gasteiger partial charge on any atom is 0.416 e. The van der Waals surface area contributed by atoms with E-state index in [1.165, 1.54) is 65.6 Å². The Morgan fingerprint density at radius 3 is 1.24 bits per heavy atom. The van der Waals surface area contributed by atoms with Gasteiger partial charge in [0, 0.05) is 22.4 Å². The average molecular weight is 1020 g/mol. The standard InChI is InChI=1S/C59H30F12N4/c60-56(61,62)35-24-36(57(63,64)65)27-40(26-35)74(51-18-7-1-10-33(51)31-72)39-20-21-44-45-22-23-53(75(52-19-8-2-11-34(52)32-73)41-28-37(58(66,67)68)25-38(29-41)59(69,70)71)46-14-9-17-49(54(45)46)55(50(44)30-39)47-15-5-3-12-42(47)43-13-4-6-16-48(43)55/h1-30H. The molecule has 0 aromatic heterocycles. The van der Waals surface area contributed by atoms with Crippen molar-refractivity contribution in [3.05, 3.63) is 238 Å². The first kappa shape index (κ1) is 48.3. The van der Waals surface area contributed by atoms with E-state index in [1.54, 1.807) is 42.5 Å². The minimum Gasteiger partial charge on any atom is -0.309 e. The van der Waals surface area contributed by atoms with E-state index < -0.39 is 63.7 Å². The molecule has 0 saturated carbocycles. The second kappa shape index (κ2) is 17.0. The highest BCUT2D eigenvalue weighted by atomic mass is 19.4. The largest absolute Gasteiger partial charge is 0.416 e. The third-order valence-electron chi connectivity index (χ3n) is 13.8. The Kier molecular flexibility index (Phi) is 11.0. The maximum absolute atomic E-state index is 14.6. The van der Waals surface area contributed by atoms with Crippen molar-refractivity contribution < 1.29 is 52.7 Å². The molecule has 75 heavy (non-hydrogen) atoms. The van der Waals surface area contributed by atoms with Crippen LogP contribution < -0.4 is 9.80 Å². The van der Waals surface area contributed by atoms with Gasteiger partial charge in [-0.3, -0.25) is 0 Å². The predicted octanol–water partition coefficient (Wildman–Crippen LogP) is 17.9. The number of nitrogens with zero attached hydrogens (tertiary/aromatic N) is 4. The first-order valence-corrected chi connectivity index (χ1v) is 22.7. The summed E-state index contributed by atoms with van der Waals surface area (Å²) in [6.45, 7) is 0. The molecule has 16 heteroatoms. The lowest BCUT2D eigenvalue weighted by atomic mass is 9.61. The average Bonchev–Trinajstić information content (AvgIpc) is 3.68. The molecule has 0 saturated heterocycles. The number of para-hydroxylation sites is 2. The second-order valence-corrected chi connectivity index (χ2v) is 17.9. The van der Waals surface area contributed by atoms with E-state index >= 15 is 0 Å². The minimum absolute atomic E-state index is 0.0142. The van der Waals surface area contributed by atoms with E-state index in [-0.39, 0.29) is 46.0 Å². The molecule has 370 valence electrons. The fourth-order valence-electron chi connectivity index (χ4n) is 10.8. The molecule has 0 heterocycles. The van der Waals surface area contributed by atoms with E-state index in [0.29, 0.717) is 68.4 Å². The molecule has 9 aromatic carbocycles. The van der Waals surface area contributed by atoms with E-state index in [4.69, 9.17) is 0 Å². The molecule has 0 fully saturated rings. The smallest absolute Gasteiger partial charge is 0.309 e. The van der Waals surface area contributed by atoms with Gasteiger partial charge in [-0.25, -0.2) is 0 Å². The van der Waals surface area contributed by atoms with Gasteiger partial charge < -0.3 is 9.80 Å². The van der Waals surface area contributed by atoms with Crippen molar-refractivity contribution in [2.24, 2.45) is 0 Å². The van der Waals surface area contributed by atoms with Crippen LogP contribution in [-0.4, -0.2) is 0 Å². The van der Waals surface area contributed by atoms with Crippen LogP contribution in [0.25, 0.3) is 33.0 Å². The number of anilines is 6. The summed E-state index contributed by atoms with van der Waals surface area (Å²) in [5.74, 6) is 0. The van der Waals surface area contributed by atoms with Crippen LogP contribution in [0, 0.1) is 22.7 Å². The zero-order valence-corrected chi connectivity index (χ0v) is 38.1. The molecule has 4 nitrogen and oxygen atoms in total. The van der Waals surface area contributed by atoms with Crippen LogP contribution in [0.15, 0.2) is 182 Å². The van der Waals surface area contributed by atoms with Gasteiger partial charge in [0.1, 0.15) is 12.1 Å². The summed E-state index contributed by atoms with van der Waals surface area (Å²) in [7, 11) is 0. The van der Waals surface area contributed by atoms with E-state index in [9.17, 15) is 63.2 Å². The molecule has 2 aliphatic carbocycles. The lowest BCUT2D eigenvalue weighted by Crippen LogP contribution is -2.32. The number of nitriles is 2. The van der Waals surface area contributed by atoms with Crippen LogP contribution in [0.2, 0.25) is 0 Å². The molecule has 0 amide bonds. The monoisotopic (exact) mass is 1020 g/mol. The highest BCUT2D eigenvalue weighted by molar-refractivity contribution is 6.13. The summed E-state index contributed by atoms with van der Waals surface area (Å²) in [5.41, 5.74) is -4.08. The summed E-state index contributed by atoms with van der Waals surface area (Å²) in [6.07, 6.45) is -20.9. The van der Waals surface area contributed by atoms with Crippen LogP contribution in [-0.2, 0) is 30.1 Å². The summed E-state index contributed by atoms with van der Waals surface area (Å²) < 4.78 is 175. The third kappa shape index (κ3) is 7.70. The van der Waals surface area contributed by atoms with Crippen molar-refractivity contribution in [2.75, 3.05) is 9.80 Å². The molecule has 0 aliphatic heterocycles. The van der Waals surface area contributed by atoms with Crippen molar-refractivity contribution in [1.82, 2.24) is 0 Å². The Morgan fingerprint density at radius 1 is 0.333 bits per heavy atom. The van der Waals surface area contributed by atoms with Crippen LogP contribution in [0.4, 0.5) is 86.8 Å². The molecule has 0 bridgehead atoms. The van der Waals surface area contributed by atoms with Crippen molar-refractivity contribution in [3.8, 4) is 34.4 Å². The van der Waals surface area contributed by atoms with Crippen LogP contribution in [0.3, 0.4) is 0 Å². The Bertz CT molecular complexity index is 3800. The van der Waals surface area contributed by atoms with Gasteiger partial charge in [0.2, 0.25) is 0 Å². The van der Waals surface area contributed by atoms with Crippen molar-refractivity contribution in [2.45, 2.75) is 30.1 Å². The molecule has 0 N–H and O–H groups in total. The van der Waals surface area contributed by atoms with Crippen LogP contribution in [0.1, 0.15) is 55.6 Å². The molecular weight excluding hydrogens is 993 g/mol. The lowest BCUT2D eigenvalue weighted by molar-refractivity contribution is -0.144. The second-order valence-electron chi connectivity index (χ2n) is 17.9. The Morgan fingerprint density at radius 2 is 0.747 bits per heavy atom. The molecule has 9 aromatic rings. The SMILES string of the molecule is N#Cc1ccccc1N(c1cc(C(F)(F)F)cc(C(F)(F)F)c1)c1ccc2c(c1)C1(c3ccccc3-c3ccccc31)c1cccc3c(N(c4cc(C(F)(F)F)cc(C(F)(F)F)c4)c4ccccc4C#N)ccc-2c13. The van der Waals surface area contributed by atoms with E-state index in [2.05, 4.69) is 0 Å². The molecule has 2 aliphatic rings. The Hall–Kier alpha value is -9.02. The van der Waals surface area contributed by atoms with Gasteiger partial charge in [0.15, 0.2) is 0 Å². The van der Waals surface area contributed by atoms with Gasteiger partial charge in [0.25, 0.3) is 0 Å². The highest BCUT2D eigenvalue weighted by Gasteiger charge is 2.51. The lowest BCUT2D eigenvalue weighted by Gasteiger charge is -2.41. The number of benzene rings is 9. The summed E-state index contributed by atoms with van der Waals surface area (Å²) in [6, 6.07) is 45.8. The topological polar surface area (TPSA) is 54.1 Å². The molecule has 0 radical (unpaired) electrons. The van der Waals surface area contributed by atoms with Gasteiger partial charge in [-0.15, -0.1) is 0 Å².